The second-order valence-electron chi connectivity index (χ2n) is 2.20. The molecule has 2 N–H and O–H groups in total. The van der Waals surface area contributed by atoms with Crippen LogP contribution in [-0.4, -0.2) is 23.9 Å². The molecule has 0 bridgehead atoms. The summed E-state index contributed by atoms with van der Waals surface area (Å²) < 4.78 is 0. The van der Waals surface area contributed by atoms with Gasteiger partial charge in [-0.3, -0.25) is 4.79 Å². The first-order chi connectivity index (χ1) is 4.72. The topological polar surface area (TPSA) is 46.3 Å². The number of allylic oxidation sites excluding steroid dienone is 2. The molecule has 0 aromatic carbocycles. The lowest BCUT2D eigenvalue weighted by Crippen LogP contribution is -2.36. The Morgan fingerprint density at radius 1 is 1.60 bits per heavy atom. The number of rotatable bonds is 0. The quantitative estimate of drug-likeness (QED) is 0.506. The van der Waals surface area contributed by atoms with Crippen LogP contribution in [0.15, 0.2) is 24.4 Å². The minimum atomic E-state index is -0.486. The van der Waals surface area contributed by atoms with Gasteiger partial charge in [0.2, 0.25) is 5.91 Å². The molecule has 0 spiro atoms. The lowest BCUT2D eigenvalue weighted by Gasteiger charge is -2.12. The van der Waals surface area contributed by atoms with Gasteiger partial charge >= 0.3 is 0 Å². The highest BCUT2D eigenvalue weighted by molar-refractivity contribution is 5.84. The van der Waals surface area contributed by atoms with E-state index in [4.69, 9.17) is 5.73 Å². The van der Waals surface area contributed by atoms with E-state index >= 15 is 0 Å². The summed E-state index contributed by atoms with van der Waals surface area (Å²) in [6.07, 6.45) is 6.91. The number of carbonyl (C=O) groups is 1. The molecule has 0 unspecified atom stereocenters. The Bertz CT molecular complexity index is 176. The third-order valence-corrected chi connectivity index (χ3v) is 1.37. The summed E-state index contributed by atoms with van der Waals surface area (Å²) in [5.74, 6) is -0.0787. The number of carbonyl (C=O) groups excluding carboxylic acids is 1. The molecule has 1 rings (SSSR count). The third-order valence-electron chi connectivity index (χ3n) is 1.37. The van der Waals surface area contributed by atoms with Gasteiger partial charge in [0.25, 0.3) is 0 Å². The second kappa shape index (κ2) is 2.66. The zero-order valence-corrected chi connectivity index (χ0v) is 5.82. The van der Waals surface area contributed by atoms with Gasteiger partial charge in [0.15, 0.2) is 0 Å². The molecule has 54 valence electrons. The van der Waals surface area contributed by atoms with Crippen molar-refractivity contribution in [2.24, 2.45) is 5.73 Å². The molecule has 3 heteroatoms. The lowest BCUT2D eigenvalue weighted by atomic mass is 10.3. The number of amides is 1. The van der Waals surface area contributed by atoms with Crippen LogP contribution in [0.5, 0.6) is 0 Å². The predicted molar refractivity (Wildman–Crippen MR) is 39.0 cm³/mol. The van der Waals surface area contributed by atoms with E-state index in [1.165, 1.54) is 4.90 Å². The molecule has 1 heterocycles. The molecule has 1 aliphatic rings. The van der Waals surface area contributed by atoms with Gasteiger partial charge in [-0.15, -0.1) is 0 Å². The van der Waals surface area contributed by atoms with Crippen molar-refractivity contribution >= 4 is 5.91 Å². The average Bonchev–Trinajstić information content (AvgIpc) is 2.04. The second-order valence-corrected chi connectivity index (χ2v) is 2.20. The van der Waals surface area contributed by atoms with Crippen molar-refractivity contribution in [3.05, 3.63) is 24.4 Å². The van der Waals surface area contributed by atoms with Crippen LogP contribution in [0.4, 0.5) is 0 Å². The summed E-state index contributed by atoms with van der Waals surface area (Å²) in [7, 11) is 1.69. The average molecular weight is 138 g/mol. The smallest absolute Gasteiger partial charge is 0.247 e. The van der Waals surface area contributed by atoms with Crippen LogP contribution in [0.2, 0.25) is 0 Å². The minimum absolute atomic E-state index is 0.0787. The van der Waals surface area contributed by atoms with Crippen LogP contribution in [0.1, 0.15) is 0 Å². The van der Waals surface area contributed by atoms with Crippen molar-refractivity contribution in [3.8, 4) is 0 Å². The van der Waals surface area contributed by atoms with Crippen molar-refractivity contribution in [2.75, 3.05) is 7.05 Å². The van der Waals surface area contributed by atoms with Crippen molar-refractivity contribution in [1.82, 2.24) is 4.90 Å². The van der Waals surface area contributed by atoms with E-state index in [0.717, 1.165) is 0 Å². The van der Waals surface area contributed by atoms with Crippen molar-refractivity contribution in [2.45, 2.75) is 6.04 Å². The molecule has 0 aromatic rings. The van der Waals surface area contributed by atoms with Crippen LogP contribution in [0, 0.1) is 0 Å². The van der Waals surface area contributed by atoms with Gasteiger partial charge in [-0.05, 0) is 6.08 Å². The van der Waals surface area contributed by atoms with Gasteiger partial charge in [0.05, 0.1) is 0 Å². The Balaban J connectivity index is 2.79. The van der Waals surface area contributed by atoms with Gasteiger partial charge in [-0.2, -0.15) is 0 Å². The maximum Gasteiger partial charge on any atom is 0.247 e. The molecule has 1 aliphatic heterocycles. The zero-order valence-electron chi connectivity index (χ0n) is 5.82. The van der Waals surface area contributed by atoms with Crippen molar-refractivity contribution in [3.63, 3.8) is 0 Å². The van der Waals surface area contributed by atoms with Gasteiger partial charge in [0, 0.05) is 13.2 Å². The lowest BCUT2D eigenvalue weighted by molar-refractivity contribution is -0.127. The molecule has 3 nitrogen and oxygen atoms in total. The van der Waals surface area contributed by atoms with Crippen molar-refractivity contribution in [1.29, 1.82) is 0 Å². The Morgan fingerprint density at radius 3 is 3.00 bits per heavy atom. The Kier molecular flexibility index (Phi) is 1.87. The summed E-state index contributed by atoms with van der Waals surface area (Å²) >= 11 is 0. The van der Waals surface area contributed by atoms with Crippen LogP contribution < -0.4 is 5.73 Å². The SMILES string of the molecule is CN1C=CC=C[C@@H](N)C1=O. The van der Waals surface area contributed by atoms with Crippen LogP contribution in [0.3, 0.4) is 0 Å². The first kappa shape index (κ1) is 7.02. The number of likely N-dealkylation sites (N-methyl/N-ethyl adjacent to an activating group) is 1. The fraction of sp³-hybridized carbons (Fsp3) is 0.286. The van der Waals surface area contributed by atoms with Gasteiger partial charge < -0.3 is 10.6 Å². The molecule has 0 saturated carbocycles. The summed E-state index contributed by atoms with van der Waals surface area (Å²) in [6.45, 7) is 0. The minimum Gasteiger partial charge on any atom is -0.321 e. The number of nitrogens with two attached hydrogens (primary N) is 1. The van der Waals surface area contributed by atoms with Crippen LogP contribution in [-0.2, 0) is 4.79 Å². The Hall–Kier alpha value is -1.09. The predicted octanol–water partition coefficient (Wildman–Crippen LogP) is -0.144. The summed E-state index contributed by atoms with van der Waals surface area (Å²) in [4.78, 5) is 12.5. The maximum absolute atomic E-state index is 11.0. The van der Waals surface area contributed by atoms with Gasteiger partial charge in [-0.25, -0.2) is 0 Å². The fourth-order valence-electron chi connectivity index (χ4n) is 0.754. The van der Waals surface area contributed by atoms with E-state index in [-0.39, 0.29) is 5.91 Å². The Morgan fingerprint density at radius 2 is 2.30 bits per heavy atom. The highest BCUT2D eigenvalue weighted by Gasteiger charge is 2.13. The third kappa shape index (κ3) is 1.25. The van der Waals surface area contributed by atoms with Gasteiger partial charge in [-0.1, -0.05) is 12.2 Å². The van der Waals surface area contributed by atoms with E-state index in [1.807, 2.05) is 0 Å². The molecule has 0 aliphatic carbocycles. The standard InChI is InChI=1S/C7H10N2O/c1-9-5-3-2-4-6(8)7(9)10/h2-6H,8H2,1H3/t6-/m1/s1. The molecular formula is C7H10N2O. The normalized spacial score (nSPS) is 25.2. The molecule has 1 atom stereocenters. The van der Waals surface area contributed by atoms with Crippen molar-refractivity contribution < 1.29 is 4.79 Å². The van der Waals surface area contributed by atoms with Crippen LogP contribution >= 0.6 is 0 Å². The van der Waals surface area contributed by atoms with Crippen LogP contribution in [0.25, 0.3) is 0 Å². The molecule has 0 saturated heterocycles. The summed E-state index contributed by atoms with van der Waals surface area (Å²) in [5.41, 5.74) is 5.45. The monoisotopic (exact) mass is 138 g/mol. The number of hydrogen-bond acceptors (Lipinski definition) is 2. The molecule has 1 amide bonds. The van der Waals surface area contributed by atoms with E-state index in [9.17, 15) is 4.79 Å². The Labute approximate surface area is 59.8 Å². The summed E-state index contributed by atoms with van der Waals surface area (Å²) in [5, 5.41) is 0. The van der Waals surface area contributed by atoms with E-state index in [1.54, 1.807) is 31.5 Å². The van der Waals surface area contributed by atoms with E-state index in [2.05, 4.69) is 0 Å². The first-order valence-electron chi connectivity index (χ1n) is 3.09. The molecule has 0 radical (unpaired) electrons. The largest absolute Gasteiger partial charge is 0.321 e. The first-order valence-corrected chi connectivity index (χ1v) is 3.09. The van der Waals surface area contributed by atoms with E-state index in [0.29, 0.717) is 0 Å². The molecule has 10 heavy (non-hydrogen) atoms. The molecule has 0 aromatic heterocycles. The van der Waals surface area contributed by atoms with Gasteiger partial charge in [0.1, 0.15) is 6.04 Å². The summed E-state index contributed by atoms with van der Waals surface area (Å²) in [6, 6.07) is -0.486. The number of hydrogen-bond donors (Lipinski definition) is 1. The van der Waals surface area contributed by atoms with E-state index < -0.39 is 6.04 Å². The maximum atomic E-state index is 11.0. The molecule has 0 fully saturated rings. The highest BCUT2D eigenvalue weighted by atomic mass is 16.2. The zero-order chi connectivity index (χ0) is 7.56. The fourth-order valence-corrected chi connectivity index (χ4v) is 0.754. The number of nitrogens with zero attached hydrogens (tertiary/aromatic N) is 1. The highest BCUT2D eigenvalue weighted by Crippen LogP contribution is 1.97. The molecular weight excluding hydrogens is 128 g/mol.